The largest absolute Gasteiger partial charge is 0.573 e. The lowest BCUT2D eigenvalue weighted by molar-refractivity contribution is -0.274. The average molecular weight is 339 g/mol. The number of hydrogen-bond acceptors (Lipinski definition) is 3. The molecule has 1 aromatic heterocycles. The highest BCUT2D eigenvalue weighted by atomic mass is 35.5. The Labute approximate surface area is 130 Å². The van der Waals surface area contributed by atoms with E-state index in [1.54, 1.807) is 12.1 Å². The summed E-state index contributed by atoms with van der Waals surface area (Å²) in [5.41, 5.74) is 7.35. The molecule has 0 unspecified atom stereocenters. The van der Waals surface area contributed by atoms with Crippen molar-refractivity contribution in [2.75, 3.05) is 0 Å². The van der Waals surface area contributed by atoms with Gasteiger partial charge in [-0.2, -0.15) is 0 Å². The molecule has 1 heterocycles. The molecule has 0 aliphatic heterocycles. The van der Waals surface area contributed by atoms with Crippen LogP contribution in [0, 0.1) is 0 Å². The average Bonchev–Trinajstić information content (AvgIpc) is 2.38. The Kier molecular flexibility index (Phi) is 5.83. The van der Waals surface area contributed by atoms with Crippen molar-refractivity contribution in [1.29, 1.82) is 0 Å². The van der Waals surface area contributed by atoms with E-state index in [1.165, 1.54) is 30.5 Å². The molecule has 0 saturated heterocycles. The molecule has 0 saturated carbocycles. The summed E-state index contributed by atoms with van der Waals surface area (Å²) >= 11 is 5.67. The van der Waals surface area contributed by atoms with Crippen molar-refractivity contribution >= 4 is 24.0 Å². The first kappa shape index (κ1) is 17.6. The molecule has 8 heteroatoms. The van der Waals surface area contributed by atoms with Crippen LogP contribution in [0.15, 0.2) is 42.6 Å². The Bertz CT molecular complexity index is 573. The van der Waals surface area contributed by atoms with Gasteiger partial charge < -0.3 is 10.5 Å². The highest BCUT2D eigenvalue weighted by Crippen LogP contribution is 2.26. The normalized spacial score (nSPS) is 12.4. The number of nitrogens with two attached hydrogens (primary N) is 1. The van der Waals surface area contributed by atoms with E-state index in [9.17, 15) is 13.2 Å². The van der Waals surface area contributed by atoms with E-state index in [0.29, 0.717) is 16.3 Å². The van der Waals surface area contributed by atoms with Gasteiger partial charge in [-0.1, -0.05) is 29.8 Å². The summed E-state index contributed by atoms with van der Waals surface area (Å²) in [6, 6.07) is 8.18. The topological polar surface area (TPSA) is 48.1 Å². The van der Waals surface area contributed by atoms with Gasteiger partial charge in [0.2, 0.25) is 0 Å². The fourth-order valence-corrected chi connectivity index (χ4v) is 1.75. The second-order valence-corrected chi connectivity index (χ2v) is 4.40. The first-order valence-corrected chi connectivity index (χ1v) is 5.96. The van der Waals surface area contributed by atoms with Gasteiger partial charge in [-0.25, -0.2) is 4.98 Å². The summed E-state index contributed by atoms with van der Waals surface area (Å²) in [4.78, 5) is 3.90. The van der Waals surface area contributed by atoms with Crippen LogP contribution in [-0.2, 0) is 0 Å². The van der Waals surface area contributed by atoms with Gasteiger partial charge in [-0.05, 0) is 29.3 Å². The summed E-state index contributed by atoms with van der Waals surface area (Å²) in [6.07, 6.45) is -3.18. The monoisotopic (exact) mass is 338 g/mol. The molecule has 0 amide bonds. The van der Waals surface area contributed by atoms with Crippen molar-refractivity contribution in [3.8, 4) is 5.75 Å². The molecule has 0 fully saturated rings. The minimum atomic E-state index is -4.70. The van der Waals surface area contributed by atoms with Crippen LogP contribution < -0.4 is 10.5 Å². The molecule has 1 atom stereocenters. The van der Waals surface area contributed by atoms with Crippen molar-refractivity contribution in [1.82, 2.24) is 4.98 Å². The van der Waals surface area contributed by atoms with E-state index in [-0.39, 0.29) is 18.2 Å². The quantitative estimate of drug-likeness (QED) is 0.857. The summed E-state index contributed by atoms with van der Waals surface area (Å²) in [5.74, 6) is -0.289. The number of alkyl halides is 3. The van der Waals surface area contributed by atoms with E-state index in [0.717, 1.165) is 0 Å². The van der Waals surface area contributed by atoms with Crippen molar-refractivity contribution in [3.05, 3.63) is 58.9 Å². The molecule has 0 aliphatic carbocycles. The van der Waals surface area contributed by atoms with Crippen LogP contribution in [0.5, 0.6) is 5.75 Å². The molecule has 0 aliphatic rings. The summed E-state index contributed by atoms with van der Waals surface area (Å²) in [5, 5.41) is 0.342. The van der Waals surface area contributed by atoms with Gasteiger partial charge in [0.1, 0.15) is 10.9 Å². The van der Waals surface area contributed by atoms with Gasteiger partial charge in [0.15, 0.2) is 0 Å². The number of ether oxygens (including phenoxy) is 1. The molecule has 0 spiro atoms. The Morgan fingerprint density at radius 3 is 2.10 bits per heavy atom. The molecule has 2 N–H and O–H groups in total. The molecule has 3 nitrogen and oxygen atoms in total. The van der Waals surface area contributed by atoms with E-state index in [1.807, 2.05) is 0 Å². The number of rotatable bonds is 3. The maximum absolute atomic E-state index is 12.0. The Balaban J connectivity index is 0.00000220. The lowest BCUT2D eigenvalue weighted by atomic mass is 10.0. The summed E-state index contributed by atoms with van der Waals surface area (Å²) in [7, 11) is 0. The zero-order chi connectivity index (χ0) is 14.8. The predicted molar refractivity (Wildman–Crippen MR) is 75.7 cm³/mol. The zero-order valence-electron chi connectivity index (χ0n) is 10.5. The van der Waals surface area contributed by atoms with Crippen molar-refractivity contribution in [3.63, 3.8) is 0 Å². The third kappa shape index (κ3) is 5.08. The minimum absolute atomic E-state index is 0. The Hall–Kier alpha value is -1.50. The second-order valence-electron chi connectivity index (χ2n) is 4.01. The number of hydrogen-bond donors (Lipinski definition) is 1. The van der Waals surface area contributed by atoms with Crippen molar-refractivity contribution < 1.29 is 17.9 Å². The van der Waals surface area contributed by atoms with Gasteiger partial charge >= 0.3 is 6.36 Å². The molecule has 1 aromatic carbocycles. The summed E-state index contributed by atoms with van der Waals surface area (Å²) in [6.45, 7) is 0. The van der Waals surface area contributed by atoms with Crippen LogP contribution in [0.2, 0.25) is 5.15 Å². The number of halogens is 5. The summed E-state index contributed by atoms with van der Waals surface area (Å²) < 4.78 is 39.9. The van der Waals surface area contributed by atoms with Crippen LogP contribution in [0.4, 0.5) is 13.2 Å². The number of aromatic nitrogens is 1. The van der Waals surface area contributed by atoms with Crippen molar-refractivity contribution in [2.24, 2.45) is 5.73 Å². The maximum atomic E-state index is 12.0. The first-order valence-electron chi connectivity index (χ1n) is 5.58. The molecule has 2 rings (SSSR count). The second kappa shape index (κ2) is 6.98. The van der Waals surface area contributed by atoms with E-state index >= 15 is 0 Å². The molecule has 21 heavy (non-hydrogen) atoms. The first-order chi connectivity index (χ1) is 9.35. The fraction of sp³-hybridized carbons (Fsp3) is 0.154. The smallest absolute Gasteiger partial charge is 0.406 e. The van der Waals surface area contributed by atoms with Gasteiger partial charge in [-0.3, -0.25) is 0 Å². The minimum Gasteiger partial charge on any atom is -0.406 e. The van der Waals surface area contributed by atoms with Crippen molar-refractivity contribution in [2.45, 2.75) is 12.4 Å². The van der Waals surface area contributed by atoms with Gasteiger partial charge in [0, 0.05) is 6.20 Å². The third-order valence-corrected chi connectivity index (χ3v) is 2.81. The molecular weight excluding hydrogens is 328 g/mol. The lowest BCUT2D eigenvalue weighted by Crippen LogP contribution is -2.17. The standard InChI is InChI=1S/C13H10ClF3N2O.ClH/c14-11-6-3-9(7-19-11)12(18)8-1-4-10(5-2-8)20-13(15,16)17;/h1-7,12H,18H2;1H/t12-;/m1./s1. The fourth-order valence-electron chi connectivity index (χ4n) is 1.64. The van der Waals surface area contributed by atoms with Gasteiger partial charge in [0.05, 0.1) is 6.04 Å². The highest BCUT2D eigenvalue weighted by Gasteiger charge is 2.31. The van der Waals surface area contributed by atoms with Crippen LogP contribution in [-0.4, -0.2) is 11.3 Å². The number of pyridine rings is 1. The van der Waals surface area contributed by atoms with E-state index < -0.39 is 12.4 Å². The van der Waals surface area contributed by atoms with Crippen LogP contribution in [0.1, 0.15) is 17.2 Å². The van der Waals surface area contributed by atoms with Gasteiger partial charge in [0.25, 0.3) is 0 Å². The maximum Gasteiger partial charge on any atom is 0.573 e. The molecule has 0 radical (unpaired) electrons. The molecule has 114 valence electrons. The van der Waals surface area contributed by atoms with Crippen LogP contribution in [0.25, 0.3) is 0 Å². The number of benzene rings is 1. The SMILES string of the molecule is Cl.N[C@H](c1ccc(OC(F)(F)F)cc1)c1ccc(Cl)nc1. The predicted octanol–water partition coefficient (Wildman–Crippen LogP) is 4.10. The van der Waals surface area contributed by atoms with Crippen LogP contribution in [0.3, 0.4) is 0 Å². The van der Waals surface area contributed by atoms with E-state index in [2.05, 4.69) is 9.72 Å². The third-order valence-electron chi connectivity index (χ3n) is 2.58. The van der Waals surface area contributed by atoms with E-state index in [4.69, 9.17) is 17.3 Å². The number of nitrogens with zero attached hydrogens (tertiary/aromatic N) is 1. The Morgan fingerprint density at radius 2 is 1.62 bits per heavy atom. The Morgan fingerprint density at radius 1 is 1.05 bits per heavy atom. The molecule has 2 aromatic rings. The van der Waals surface area contributed by atoms with Gasteiger partial charge in [-0.15, -0.1) is 25.6 Å². The molecule has 0 bridgehead atoms. The van der Waals surface area contributed by atoms with Crippen LogP contribution >= 0.6 is 24.0 Å². The lowest BCUT2D eigenvalue weighted by Gasteiger charge is -2.13. The highest BCUT2D eigenvalue weighted by molar-refractivity contribution is 6.29. The molecular formula is C13H11Cl2F3N2O. The zero-order valence-corrected chi connectivity index (χ0v) is 12.0.